The Morgan fingerprint density at radius 1 is 1.00 bits per heavy atom. The Labute approximate surface area is 119 Å². The molecule has 1 aromatic rings. The highest BCUT2D eigenvalue weighted by Gasteiger charge is 2.14. The van der Waals surface area contributed by atoms with Crippen LogP contribution in [0.25, 0.3) is 10.8 Å². The van der Waals surface area contributed by atoms with Crippen LogP contribution in [0.4, 0.5) is 0 Å². The van der Waals surface area contributed by atoms with Crippen LogP contribution in [0.5, 0.6) is 0 Å². The summed E-state index contributed by atoms with van der Waals surface area (Å²) in [5.41, 5.74) is -0.372. The van der Waals surface area contributed by atoms with E-state index in [4.69, 9.17) is 0 Å². The van der Waals surface area contributed by atoms with Crippen LogP contribution in [0.2, 0.25) is 0 Å². The zero-order chi connectivity index (χ0) is 15.0. The van der Waals surface area contributed by atoms with Crippen LogP contribution in [0.15, 0.2) is 22.0 Å². The molecule has 7 heteroatoms. The Bertz CT molecular complexity index is 966. The minimum atomic E-state index is -0.200. The predicted octanol–water partition coefficient (Wildman–Crippen LogP) is 0.826. The third kappa shape index (κ3) is 1.96. The summed E-state index contributed by atoms with van der Waals surface area (Å²) in [6.45, 7) is 5.49. The molecule has 2 aliphatic rings. The minimum absolute atomic E-state index is 0.172. The number of hydrogen-bond donors (Lipinski definition) is 1. The summed E-state index contributed by atoms with van der Waals surface area (Å²) < 4.78 is 1.86. The topological polar surface area (TPSA) is 85.6 Å². The number of fused-ring (bicyclic) bond motifs is 1. The summed E-state index contributed by atoms with van der Waals surface area (Å²) in [7, 11) is 0. The van der Waals surface area contributed by atoms with Crippen LogP contribution in [0.3, 0.4) is 0 Å². The second kappa shape index (κ2) is 5.16. The summed E-state index contributed by atoms with van der Waals surface area (Å²) in [5, 5.41) is 11.9. The number of nitrogens with one attached hydrogen (secondary N) is 1. The van der Waals surface area contributed by atoms with E-state index in [1.54, 1.807) is 0 Å². The molecular formula is C14H17N5O2. The maximum Gasteiger partial charge on any atom is 0.215 e. The zero-order valence-corrected chi connectivity index (χ0v) is 12.1. The first kappa shape index (κ1) is 13.5. The first-order valence-electron chi connectivity index (χ1n) is 7.15. The maximum atomic E-state index is 12.7. The van der Waals surface area contributed by atoms with E-state index in [0.29, 0.717) is 28.0 Å². The van der Waals surface area contributed by atoms with Gasteiger partial charge in [-0.15, -0.1) is 0 Å². The highest BCUT2D eigenvalue weighted by molar-refractivity contribution is 5.79. The fourth-order valence-electron chi connectivity index (χ4n) is 2.66. The summed E-state index contributed by atoms with van der Waals surface area (Å²) in [4.78, 5) is 27.1. The molecule has 1 aromatic heterocycles. The Morgan fingerprint density at radius 3 is 2.24 bits per heavy atom. The van der Waals surface area contributed by atoms with E-state index in [1.807, 2.05) is 16.4 Å². The van der Waals surface area contributed by atoms with Crippen molar-refractivity contribution < 1.29 is 0 Å². The molecule has 21 heavy (non-hydrogen) atoms. The van der Waals surface area contributed by atoms with E-state index in [1.165, 1.54) is 12.4 Å². The Kier molecular flexibility index (Phi) is 3.32. The third-order valence-electron chi connectivity index (χ3n) is 3.56. The fraction of sp³-hybridized carbons (Fsp3) is 0.429. The summed E-state index contributed by atoms with van der Waals surface area (Å²) in [6.07, 6.45) is 4.51. The standard InChI is InChI=1S/C14H17N5O2/c1-3-5-18-12-11(17-19(18)6-4-2)13(20)9-7-15-16-8-10(9)14(12)21/h7-8,17H,3-6H2,1-2H3. The van der Waals surface area contributed by atoms with Crippen LogP contribution < -0.4 is 10.9 Å². The van der Waals surface area contributed by atoms with E-state index < -0.39 is 0 Å². The van der Waals surface area contributed by atoms with Gasteiger partial charge >= 0.3 is 0 Å². The Hall–Kier alpha value is -2.44. The Morgan fingerprint density at radius 2 is 1.62 bits per heavy atom. The number of aryl methyl sites for hydroxylation is 1. The van der Waals surface area contributed by atoms with Gasteiger partial charge in [0.15, 0.2) is 0 Å². The molecule has 1 aliphatic carbocycles. The van der Waals surface area contributed by atoms with Gasteiger partial charge in [0.2, 0.25) is 10.9 Å². The van der Waals surface area contributed by atoms with Gasteiger partial charge in [0, 0.05) is 6.54 Å². The molecule has 0 amide bonds. The Balaban J connectivity index is 2.55. The minimum Gasteiger partial charge on any atom is -0.287 e. The molecule has 7 nitrogen and oxygen atoms in total. The lowest BCUT2D eigenvalue weighted by Crippen LogP contribution is -2.20. The molecule has 0 bridgehead atoms. The first-order valence-corrected chi connectivity index (χ1v) is 7.15. The summed E-state index contributed by atoms with van der Waals surface area (Å²) in [6, 6.07) is 0. The van der Waals surface area contributed by atoms with Crippen molar-refractivity contribution in [2.75, 3.05) is 0 Å². The highest BCUT2D eigenvalue weighted by Crippen LogP contribution is 2.04. The lowest BCUT2D eigenvalue weighted by Gasteiger charge is -2.10. The van der Waals surface area contributed by atoms with Crippen molar-refractivity contribution in [2.45, 2.75) is 39.8 Å². The van der Waals surface area contributed by atoms with Gasteiger partial charge in [0.1, 0.15) is 10.7 Å². The van der Waals surface area contributed by atoms with Gasteiger partial charge in [0.05, 0.1) is 29.7 Å². The van der Waals surface area contributed by atoms with Gasteiger partial charge in [0.25, 0.3) is 0 Å². The molecule has 0 aromatic carbocycles. The monoisotopic (exact) mass is 287 g/mol. The van der Waals surface area contributed by atoms with Gasteiger partial charge in [-0.25, -0.2) is 4.80 Å². The average molecular weight is 287 g/mol. The average Bonchev–Trinajstić information content (AvgIpc) is 2.85. The molecule has 1 N–H and O–H groups in total. The van der Waals surface area contributed by atoms with E-state index >= 15 is 0 Å². The molecular weight excluding hydrogens is 270 g/mol. The van der Waals surface area contributed by atoms with Crippen LogP contribution >= 0.6 is 0 Å². The normalized spacial score (nSPS) is 11.5. The van der Waals surface area contributed by atoms with Gasteiger partial charge < -0.3 is 0 Å². The third-order valence-corrected chi connectivity index (χ3v) is 3.56. The summed E-state index contributed by atoms with van der Waals surface area (Å²) >= 11 is 0. The van der Waals surface area contributed by atoms with Crippen molar-refractivity contribution >= 4 is 10.8 Å². The SMILES string of the molecule is CCCn1[nH]c2c(=O)c3cnncc3c(=O)c=2n1CCC. The molecule has 3 rings (SSSR count). The molecule has 2 heterocycles. The molecule has 0 atom stereocenters. The van der Waals surface area contributed by atoms with Gasteiger partial charge in [-0.1, -0.05) is 13.8 Å². The predicted molar refractivity (Wildman–Crippen MR) is 78.3 cm³/mol. The number of hydrogen-bond acceptors (Lipinski definition) is 4. The maximum absolute atomic E-state index is 12.7. The highest BCUT2D eigenvalue weighted by atomic mass is 16.1. The fourth-order valence-corrected chi connectivity index (χ4v) is 2.66. The van der Waals surface area contributed by atoms with Gasteiger partial charge in [-0.3, -0.25) is 19.4 Å². The lowest BCUT2D eigenvalue weighted by molar-refractivity contribution is 0.392. The zero-order valence-electron chi connectivity index (χ0n) is 12.1. The number of aromatic nitrogens is 5. The lowest BCUT2D eigenvalue weighted by atomic mass is 10.2. The molecule has 110 valence electrons. The van der Waals surface area contributed by atoms with Gasteiger partial charge in [-0.2, -0.15) is 10.2 Å². The van der Waals surface area contributed by atoms with Crippen molar-refractivity contribution in [3.8, 4) is 0 Å². The number of H-pyrrole nitrogens is 1. The van der Waals surface area contributed by atoms with Crippen LogP contribution in [0, 0.1) is 10.7 Å². The van der Waals surface area contributed by atoms with E-state index in [0.717, 1.165) is 19.4 Å². The largest absolute Gasteiger partial charge is 0.287 e. The van der Waals surface area contributed by atoms with Gasteiger partial charge in [-0.05, 0) is 12.8 Å². The van der Waals surface area contributed by atoms with Crippen LogP contribution in [-0.4, -0.2) is 24.8 Å². The molecule has 0 saturated heterocycles. The molecule has 0 spiro atoms. The van der Waals surface area contributed by atoms with E-state index in [2.05, 4.69) is 22.2 Å². The molecule has 0 unspecified atom stereocenters. The quantitative estimate of drug-likeness (QED) is 0.770. The van der Waals surface area contributed by atoms with Crippen molar-refractivity contribution in [3.63, 3.8) is 0 Å². The first-order chi connectivity index (χ1) is 10.2. The molecule has 0 saturated carbocycles. The molecule has 0 radical (unpaired) electrons. The molecule has 0 fully saturated rings. The number of rotatable bonds is 4. The van der Waals surface area contributed by atoms with Crippen molar-refractivity contribution in [2.24, 2.45) is 0 Å². The second-order valence-electron chi connectivity index (χ2n) is 5.06. The number of nitrogens with zero attached hydrogens (tertiary/aromatic N) is 4. The van der Waals surface area contributed by atoms with E-state index in [9.17, 15) is 9.59 Å². The van der Waals surface area contributed by atoms with E-state index in [-0.39, 0.29) is 10.9 Å². The van der Waals surface area contributed by atoms with Crippen LogP contribution in [0.1, 0.15) is 26.7 Å². The van der Waals surface area contributed by atoms with Crippen molar-refractivity contribution in [3.05, 3.63) is 43.5 Å². The number of aromatic amines is 1. The molecule has 1 aliphatic heterocycles. The summed E-state index contributed by atoms with van der Waals surface area (Å²) in [5.74, 6) is 0. The van der Waals surface area contributed by atoms with Crippen molar-refractivity contribution in [1.29, 1.82) is 0 Å². The van der Waals surface area contributed by atoms with Crippen molar-refractivity contribution in [1.82, 2.24) is 24.8 Å². The second-order valence-corrected chi connectivity index (χ2v) is 5.06. The smallest absolute Gasteiger partial charge is 0.215 e. The van der Waals surface area contributed by atoms with Crippen LogP contribution in [-0.2, 0) is 13.1 Å².